The number of hydrogen-bond donors (Lipinski definition) is 2. The van der Waals surface area contributed by atoms with E-state index in [1.165, 1.54) is 0 Å². The number of aryl methyl sites for hydroxylation is 1. The molecule has 5 heteroatoms. The van der Waals surface area contributed by atoms with E-state index in [0.29, 0.717) is 17.8 Å². The average Bonchev–Trinajstić information content (AvgIpc) is 2.47. The van der Waals surface area contributed by atoms with Gasteiger partial charge in [0, 0.05) is 26.0 Å². The third-order valence-electron chi connectivity index (χ3n) is 3.05. The number of anilines is 1. The lowest BCUT2D eigenvalue weighted by atomic mass is 10.1. The second-order valence-electron chi connectivity index (χ2n) is 4.72. The molecule has 0 radical (unpaired) electrons. The van der Waals surface area contributed by atoms with Gasteiger partial charge in [-0.1, -0.05) is 17.7 Å². The van der Waals surface area contributed by atoms with Gasteiger partial charge < -0.3 is 10.3 Å². The van der Waals surface area contributed by atoms with Crippen LogP contribution in [-0.2, 0) is 6.54 Å². The fourth-order valence-electron chi connectivity index (χ4n) is 2.00. The number of hydrazine groups is 1. The summed E-state index contributed by atoms with van der Waals surface area (Å²) in [5.41, 5.74) is 5.76. The minimum absolute atomic E-state index is 0.0782. The summed E-state index contributed by atoms with van der Waals surface area (Å²) in [5.74, 6) is 5.38. The molecule has 1 amide bonds. The van der Waals surface area contributed by atoms with Gasteiger partial charge in [-0.2, -0.15) is 0 Å². The van der Waals surface area contributed by atoms with E-state index < -0.39 is 0 Å². The van der Waals surface area contributed by atoms with Crippen molar-refractivity contribution >= 4 is 11.6 Å². The van der Waals surface area contributed by atoms with E-state index in [4.69, 9.17) is 5.84 Å². The Kier molecular flexibility index (Phi) is 4.32. The number of aromatic nitrogens is 1. The maximum atomic E-state index is 12.5. The van der Waals surface area contributed by atoms with Gasteiger partial charge in [0.1, 0.15) is 0 Å². The number of nitrogens with two attached hydrogens (primary N) is 1. The average molecular weight is 270 g/mol. The summed E-state index contributed by atoms with van der Waals surface area (Å²) in [5, 5.41) is 0. The van der Waals surface area contributed by atoms with Gasteiger partial charge in [-0.3, -0.25) is 15.6 Å². The highest BCUT2D eigenvalue weighted by molar-refractivity contribution is 5.99. The Morgan fingerprint density at radius 3 is 2.85 bits per heavy atom. The number of nitrogens with zero attached hydrogens (tertiary/aromatic N) is 2. The van der Waals surface area contributed by atoms with Crippen LogP contribution in [0, 0.1) is 6.92 Å². The van der Waals surface area contributed by atoms with E-state index in [2.05, 4.69) is 10.4 Å². The monoisotopic (exact) mass is 270 g/mol. The maximum absolute atomic E-state index is 12.5. The van der Waals surface area contributed by atoms with Crippen molar-refractivity contribution in [1.29, 1.82) is 0 Å². The lowest BCUT2D eigenvalue weighted by Crippen LogP contribution is -2.27. The van der Waals surface area contributed by atoms with E-state index in [9.17, 15) is 4.79 Å². The Bertz CT molecular complexity index is 598. The lowest BCUT2D eigenvalue weighted by Gasteiger charge is -2.19. The highest BCUT2D eigenvalue weighted by atomic mass is 16.2. The first-order chi connectivity index (χ1) is 9.61. The van der Waals surface area contributed by atoms with E-state index in [1.807, 2.05) is 31.2 Å². The van der Waals surface area contributed by atoms with Gasteiger partial charge >= 0.3 is 0 Å². The van der Waals surface area contributed by atoms with Gasteiger partial charge in [0.25, 0.3) is 5.91 Å². The lowest BCUT2D eigenvalue weighted by molar-refractivity contribution is 0.0786. The van der Waals surface area contributed by atoms with Crippen molar-refractivity contribution in [2.75, 3.05) is 12.5 Å². The van der Waals surface area contributed by atoms with Crippen molar-refractivity contribution in [1.82, 2.24) is 9.88 Å². The van der Waals surface area contributed by atoms with Crippen LogP contribution in [0.2, 0.25) is 0 Å². The van der Waals surface area contributed by atoms with Crippen molar-refractivity contribution in [2.24, 2.45) is 5.84 Å². The minimum atomic E-state index is -0.0782. The molecule has 0 aliphatic heterocycles. The first-order valence-electron chi connectivity index (χ1n) is 6.33. The number of nitrogen functional groups attached to an aromatic ring is 1. The standard InChI is InChI=1S/C15H18N4O/c1-11-5-6-14(18-16)13(8-11)15(20)19(2)10-12-4-3-7-17-9-12/h3-9,18H,10,16H2,1-2H3. The number of carbonyl (C=O) groups is 1. The summed E-state index contributed by atoms with van der Waals surface area (Å²) in [6.07, 6.45) is 3.46. The van der Waals surface area contributed by atoms with Crippen molar-refractivity contribution in [3.63, 3.8) is 0 Å². The Hall–Kier alpha value is -2.40. The molecule has 0 aliphatic rings. The van der Waals surface area contributed by atoms with Gasteiger partial charge in [0.2, 0.25) is 0 Å². The Labute approximate surface area is 118 Å². The summed E-state index contributed by atoms with van der Waals surface area (Å²) in [6.45, 7) is 2.45. The van der Waals surface area contributed by atoms with E-state index in [-0.39, 0.29) is 5.91 Å². The molecule has 20 heavy (non-hydrogen) atoms. The fourth-order valence-corrected chi connectivity index (χ4v) is 2.00. The van der Waals surface area contributed by atoms with Gasteiger partial charge in [-0.05, 0) is 30.7 Å². The zero-order valence-electron chi connectivity index (χ0n) is 11.6. The third-order valence-corrected chi connectivity index (χ3v) is 3.05. The molecule has 0 aliphatic carbocycles. The predicted molar refractivity (Wildman–Crippen MR) is 79.0 cm³/mol. The Balaban J connectivity index is 2.20. The number of hydrogen-bond acceptors (Lipinski definition) is 4. The molecule has 104 valence electrons. The molecule has 1 aromatic heterocycles. The molecule has 5 nitrogen and oxygen atoms in total. The van der Waals surface area contributed by atoms with Crippen molar-refractivity contribution in [3.05, 3.63) is 59.4 Å². The van der Waals surface area contributed by atoms with E-state index >= 15 is 0 Å². The fraction of sp³-hybridized carbons (Fsp3) is 0.200. The predicted octanol–water partition coefficient (Wildman–Crippen LogP) is 1.95. The van der Waals surface area contributed by atoms with Crippen LogP contribution in [0.5, 0.6) is 0 Å². The number of rotatable bonds is 4. The van der Waals surface area contributed by atoms with Crippen LogP contribution in [0.1, 0.15) is 21.5 Å². The molecule has 0 spiro atoms. The maximum Gasteiger partial charge on any atom is 0.256 e. The Morgan fingerprint density at radius 1 is 1.40 bits per heavy atom. The summed E-state index contributed by atoms with van der Waals surface area (Å²) in [4.78, 5) is 18.2. The molecule has 0 bridgehead atoms. The van der Waals surface area contributed by atoms with Gasteiger partial charge in [0.05, 0.1) is 11.3 Å². The number of pyridine rings is 1. The molecule has 0 atom stereocenters. The second kappa shape index (κ2) is 6.16. The van der Waals surface area contributed by atoms with Gasteiger partial charge in [-0.15, -0.1) is 0 Å². The van der Waals surface area contributed by atoms with Crippen LogP contribution < -0.4 is 11.3 Å². The number of benzene rings is 1. The quantitative estimate of drug-likeness (QED) is 0.658. The Morgan fingerprint density at radius 2 is 2.20 bits per heavy atom. The molecule has 0 fully saturated rings. The van der Waals surface area contributed by atoms with Gasteiger partial charge in [0.15, 0.2) is 0 Å². The number of carbonyl (C=O) groups excluding carboxylic acids is 1. The topological polar surface area (TPSA) is 71.2 Å². The molecule has 2 rings (SSSR count). The minimum Gasteiger partial charge on any atom is -0.337 e. The summed E-state index contributed by atoms with van der Waals surface area (Å²) in [6, 6.07) is 9.34. The van der Waals surface area contributed by atoms with Crippen LogP contribution in [0.25, 0.3) is 0 Å². The highest BCUT2D eigenvalue weighted by Crippen LogP contribution is 2.18. The summed E-state index contributed by atoms with van der Waals surface area (Å²) < 4.78 is 0. The molecular weight excluding hydrogens is 252 g/mol. The third kappa shape index (κ3) is 3.13. The number of amides is 1. The second-order valence-corrected chi connectivity index (χ2v) is 4.72. The SMILES string of the molecule is Cc1ccc(NN)c(C(=O)N(C)Cc2cccnc2)c1. The van der Waals surface area contributed by atoms with Crippen molar-refractivity contribution < 1.29 is 4.79 Å². The van der Waals surface area contributed by atoms with E-state index in [1.54, 1.807) is 30.4 Å². The van der Waals surface area contributed by atoms with Crippen LogP contribution in [0.3, 0.4) is 0 Å². The largest absolute Gasteiger partial charge is 0.337 e. The van der Waals surface area contributed by atoms with Crippen LogP contribution in [0.15, 0.2) is 42.7 Å². The first kappa shape index (κ1) is 14.0. The van der Waals surface area contributed by atoms with Crippen LogP contribution >= 0.6 is 0 Å². The highest BCUT2D eigenvalue weighted by Gasteiger charge is 2.16. The zero-order chi connectivity index (χ0) is 14.5. The first-order valence-corrected chi connectivity index (χ1v) is 6.33. The number of nitrogens with one attached hydrogen (secondary N) is 1. The molecule has 2 aromatic rings. The molecule has 1 heterocycles. The molecule has 0 saturated heterocycles. The molecule has 1 aromatic carbocycles. The smallest absolute Gasteiger partial charge is 0.256 e. The molecule has 0 saturated carbocycles. The molecule has 0 unspecified atom stereocenters. The summed E-state index contributed by atoms with van der Waals surface area (Å²) >= 11 is 0. The van der Waals surface area contributed by atoms with Crippen molar-refractivity contribution in [3.8, 4) is 0 Å². The normalized spacial score (nSPS) is 10.2. The van der Waals surface area contributed by atoms with Crippen LogP contribution in [-0.4, -0.2) is 22.8 Å². The van der Waals surface area contributed by atoms with Gasteiger partial charge in [-0.25, -0.2) is 0 Å². The zero-order valence-corrected chi connectivity index (χ0v) is 11.6. The summed E-state index contributed by atoms with van der Waals surface area (Å²) in [7, 11) is 1.76. The van der Waals surface area contributed by atoms with Crippen LogP contribution in [0.4, 0.5) is 5.69 Å². The van der Waals surface area contributed by atoms with E-state index in [0.717, 1.165) is 11.1 Å². The molecular formula is C15H18N4O. The van der Waals surface area contributed by atoms with Crippen molar-refractivity contribution in [2.45, 2.75) is 13.5 Å². The molecule has 3 N–H and O–H groups in total.